The van der Waals surface area contributed by atoms with Crippen LogP contribution in [0.3, 0.4) is 0 Å². The summed E-state index contributed by atoms with van der Waals surface area (Å²) in [5.41, 5.74) is 7.45. The second kappa shape index (κ2) is 5.93. The fourth-order valence-electron chi connectivity index (χ4n) is 1.46. The van der Waals surface area contributed by atoms with Gasteiger partial charge in [0.05, 0.1) is 5.56 Å². The van der Waals surface area contributed by atoms with Crippen LogP contribution in [0.1, 0.15) is 11.1 Å². The molecule has 1 aromatic carbocycles. The Morgan fingerprint density at radius 1 is 1.28 bits per heavy atom. The van der Waals surface area contributed by atoms with Crippen molar-refractivity contribution in [2.24, 2.45) is 5.73 Å². The fraction of sp³-hybridized carbons (Fsp3) is 0.0769. The lowest BCUT2D eigenvalue weighted by molar-refractivity contribution is 0.305. The molecule has 0 unspecified atom stereocenters. The van der Waals surface area contributed by atoms with Crippen molar-refractivity contribution in [3.63, 3.8) is 0 Å². The van der Waals surface area contributed by atoms with Crippen molar-refractivity contribution in [3.8, 4) is 5.75 Å². The van der Waals surface area contributed by atoms with E-state index in [2.05, 4.69) is 20.9 Å². The van der Waals surface area contributed by atoms with E-state index in [0.717, 1.165) is 15.6 Å². The number of halogens is 1. The van der Waals surface area contributed by atoms with Gasteiger partial charge in [0, 0.05) is 16.9 Å². The minimum absolute atomic E-state index is 0.320. The Morgan fingerprint density at radius 3 is 2.67 bits per heavy atom. The summed E-state index contributed by atoms with van der Waals surface area (Å²) in [6.45, 7) is 0.458. The molecule has 1 aromatic heterocycles. The van der Waals surface area contributed by atoms with E-state index in [0.29, 0.717) is 17.3 Å². The Morgan fingerprint density at radius 2 is 2.00 bits per heavy atom. The Labute approximate surface area is 119 Å². The van der Waals surface area contributed by atoms with Gasteiger partial charge in [-0.25, -0.2) is 0 Å². The van der Waals surface area contributed by atoms with Crippen LogP contribution in [0.5, 0.6) is 5.75 Å². The molecule has 0 radical (unpaired) electrons. The van der Waals surface area contributed by atoms with E-state index in [4.69, 9.17) is 22.7 Å². The average Bonchev–Trinajstić information content (AvgIpc) is 2.38. The monoisotopic (exact) mass is 322 g/mol. The largest absolute Gasteiger partial charge is 0.488 e. The molecule has 1 heterocycles. The molecule has 0 bridgehead atoms. The molecule has 5 heteroatoms. The Balaban J connectivity index is 2.17. The van der Waals surface area contributed by atoms with Crippen LogP contribution < -0.4 is 10.5 Å². The van der Waals surface area contributed by atoms with Gasteiger partial charge in [-0.15, -0.1) is 0 Å². The van der Waals surface area contributed by atoms with Gasteiger partial charge < -0.3 is 10.5 Å². The third kappa shape index (κ3) is 3.27. The number of rotatable bonds is 4. The molecule has 0 amide bonds. The number of pyridine rings is 1. The van der Waals surface area contributed by atoms with Crippen LogP contribution >= 0.6 is 28.1 Å². The first-order valence-electron chi connectivity index (χ1n) is 5.28. The highest BCUT2D eigenvalue weighted by molar-refractivity contribution is 9.10. The molecule has 0 saturated carbocycles. The molecule has 0 aliphatic rings. The van der Waals surface area contributed by atoms with E-state index < -0.39 is 0 Å². The Kier molecular flexibility index (Phi) is 4.28. The molecule has 0 aliphatic carbocycles. The van der Waals surface area contributed by atoms with E-state index in [9.17, 15) is 0 Å². The topological polar surface area (TPSA) is 48.1 Å². The molecule has 0 aliphatic heterocycles. The number of hydrogen-bond donors (Lipinski definition) is 1. The van der Waals surface area contributed by atoms with Crippen LogP contribution in [0.4, 0.5) is 0 Å². The zero-order valence-electron chi connectivity index (χ0n) is 9.47. The van der Waals surface area contributed by atoms with E-state index >= 15 is 0 Å². The lowest BCUT2D eigenvalue weighted by Crippen LogP contribution is -2.11. The maximum atomic E-state index is 5.72. The van der Waals surface area contributed by atoms with Gasteiger partial charge in [0.15, 0.2) is 0 Å². The zero-order valence-corrected chi connectivity index (χ0v) is 11.9. The summed E-state index contributed by atoms with van der Waals surface area (Å²) in [4.78, 5) is 4.28. The lowest BCUT2D eigenvalue weighted by Gasteiger charge is -2.11. The van der Waals surface area contributed by atoms with Crippen molar-refractivity contribution in [3.05, 3.63) is 58.3 Å². The van der Waals surface area contributed by atoms with Crippen LogP contribution in [-0.4, -0.2) is 9.97 Å². The summed E-state index contributed by atoms with van der Waals surface area (Å²) in [5, 5.41) is 0. The SMILES string of the molecule is NC(=S)c1cc(Br)ccc1OCc1ccncc1. The van der Waals surface area contributed by atoms with Gasteiger partial charge in [-0.2, -0.15) is 0 Å². The first-order valence-corrected chi connectivity index (χ1v) is 6.48. The molecule has 0 fully saturated rings. The van der Waals surface area contributed by atoms with Gasteiger partial charge in [0.25, 0.3) is 0 Å². The van der Waals surface area contributed by atoms with Crippen molar-refractivity contribution < 1.29 is 4.74 Å². The van der Waals surface area contributed by atoms with Crippen molar-refractivity contribution in [1.29, 1.82) is 0 Å². The number of thiocarbonyl (C=S) groups is 1. The molecular formula is C13H11BrN2OS. The highest BCUT2D eigenvalue weighted by Crippen LogP contribution is 2.24. The predicted molar refractivity (Wildman–Crippen MR) is 78.6 cm³/mol. The lowest BCUT2D eigenvalue weighted by atomic mass is 10.2. The van der Waals surface area contributed by atoms with Gasteiger partial charge in [-0.3, -0.25) is 4.98 Å². The molecule has 2 aromatic rings. The van der Waals surface area contributed by atoms with Crippen molar-refractivity contribution in [1.82, 2.24) is 4.98 Å². The highest BCUT2D eigenvalue weighted by Gasteiger charge is 2.07. The van der Waals surface area contributed by atoms with Gasteiger partial charge in [0.1, 0.15) is 17.3 Å². The summed E-state index contributed by atoms with van der Waals surface area (Å²) >= 11 is 8.39. The summed E-state index contributed by atoms with van der Waals surface area (Å²) in [7, 11) is 0. The molecule has 3 nitrogen and oxygen atoms in total. The number of hydrogen-bond acceptors (Lipinski definition) is 3. The molecule has 18 heavy (non-hydrogen) atoms. The summed E-state index contributed by atoms with van der Waals surface area (Å²) in [5.74, 6) is 0.683. The molecule has 0 atom stereocenters. The van der Waals surface area contributed by atoms with E-state index in [1.807, 2.05) is 30.3 Å². The third-order valence-electron chi connectivity index (χ3n) is 2.35. The van der Waals surface area contributed by atoms with E-state index in [-0.39, 0.29) is 0 Å². The van der Waals surface area contributed by atoms with Crippen molar-refractivity contribution >= 4 is 33.1 Å². The standard InChI is InChI=1S/C13H11BrN2OS/c14-10-1-2-12(11(7-10)13(15)18)17-8-9-3-5-16-6-4-9/h1-7H,8H2,(H2,15,18). The molecule has 0 spiro atoms. The third-order valence-corrected chi connectivity index (χ3v) is 3.06. The van der Waals surface area contributed by atoms with E-state index in [1.54, 1.807) is 12.4 Å². The summed E-state index contributed by atoms with van der Waals surface area (Å²) in [6, 6.07) is 9.40. The number of benzene rings is 1. The highest BCUT2D eigenvalue weighted by atomic mass is 79.9. The second-order valence-corrected chi connectivity index (χ2v) is 5.00. The predicted octanol–water partition coefficient (Wildman–Crippen LogP) is 3.06. The van der Waals surface area contributed by atoms with Gasteiger partial charge >= 0.3 is 0 Å². The second-order valence-electron chi connectivity index (χ2n) is 3.65. The maximum Gasteiger partial charge on any atom is 0.130 e. The summed E-state index contributed by atoms with van der Waals surface area (Å²) < 4.78 is 6.64. The van der Waals surface area contributed by atoms with Gasteiger partial charge in [-0.1, -0.05) is 28.1 Å². The quantitative estimate of drug-likeness (QED) is 0.879. The van der Waals surface area contributed by atoms with Crippen LogP contribution in [-0.2, 0) is 6.61 Å². The molecule has 0 saturated heterocycles. The first kappa shape index (κ1) is 13.0. The molecule has 2 N–H and O–H groups in total. The van der Waals surface area contributed by atoms with Crippen LogP contribution in [0.2, 0.25) is 0 Å². The smallest absolute Gasteiger partial charge is 0.130 e. The summed E-state index contributed by atoms with van der Waals surface area (Å²) in [6.07, 6.45) is 3.46. The zero-order chi connectivity index (χ0) is 13.0. The minimum atomic E-state index is 0.320. The first-order chi connectivity index (χ1) is 8.66. The Hall–Kier alpha value is -1.46. The van der Waals surface area contributed by atoms with Crippen molar-refractivity contribution in [2.75, 3.05) is 0 Å². The van der Waals surface area contributed by atoms with Crippen LogP contribution in [0.25, 0.3) is 0 Å². The van der Waals surface area contributed by atoms with Crippen molar-refractivity contribution in [2.45, 2.75) is 6.61 Å². The fourth-order valence-corrected chi connectivity index (χ4v) is 1.98. The molecular weight excluding hydrogens is 312 g/mol. The van der Waals surface area contributed by atoms with Gasteiger partial charge in [0.2, 0.25) is 0 Å². The Bertz CT molecular complexity index is 560. The normalized spacial score (nSPS) is 10.1. The van der Waals surface area contributed by atoms with Crippen LogP contribution in [0, 0.1) is 0 Å². The van der Waals surface area contributed by atoms with Gasteiger partial charge in [-0.05, 0) is 35.9 Å². The minimum Gasteiger partial charge on any atom is -0.488 e. The number of nitrogens with two attached hydrogens (primary N) is 1. The average molecular weight is 323 g/mol. The number of ether oxygens (including phenoxy) is 1. The number of nitrogens with zero attached hydrogens (tertiary/aromatic N) is 1. The molecule has 2 rings (SSSR count). The maximum absolute atomic E-state index is 5.72. The van der Waals surface area contributed by atoms with Crippen LogP contribution in [0.15, 0.2) is 47.2 Å². The van der Waals surface area contributed by atoms with E-state index in [1.165, 1.54) is 0 Å². The molecule has 92 valence electrons. The number of aromatic nitrogens is 1.